The normalized spacial score (nSPS) is 29.5. The van der Waals surface area contributed by atoms with Crippen LogP contribution in [-0.4, -0.2) is 5.78 Å². The molecule has 3 rings (SSSR count). The van der Waals surface area contributed by atoms with Crippen molar-refractivity contribution in [3.8, 4) is 0 Å². The van der Waals surface area contributed by atoms with Crippen molar-refractivity contribution in [2.45, 2.75) is 32.1 Å². The fourth-order valence-corrected chi connectivity index (χ4v) is 3.17. The molecule has 0 amide bonds. The van der Waals surface area contributed by atoms with Gasteiger partial charge in [0.15, 0.2) is 0 Å². The van der Waals surface area contributed by atoms with E-state index in [1.54, 1.807) is 0 Å². The molecule has 78 valence electrons. The van der Waals surface area contributed by atoms with Crippen molar-refractivity contribution in [1.29, 1.82) is 0 Å². The van der Waals surface area contributed by atoms with E-state index < -0.39 is 0 Å². The van der Waals surface area contributed by atoms with Crippen LogP contribution in [0.2, 0.25) is 0 Å². The molecule has 1 aromatic carbocycles. The van der Waals surface area contributed by atoms with Crippen LogP contribution in [0.3, 0.4) is 0 Å². The molecule has 2 aliphatic rings. The first-order chi connectivity index (χ1) is 7.33. The summed E-state index contributed by atoms with van der Waals surface area (Å²) in [6.07, 6.45) is 5.11. The van der Waals surface area contributed by atoms with Gasteiger partial charge in [-0.05, 0) is 42.2 Å². The van der Waals surface area contributed by atoms with E-state index in [-0.39, 0.29) is 0 Å². The minimum atomic E-state index is 0.482. The van der Waals surface area contributed by atoms with E-state index in [0.29, 0.717) is 11.7 Å². The van der Waals surface area contributed by atoms with Crippen LogP contribution in [0.4, 0.5) is 0 Å². The molecule has 0 aliphatic heterocycles. The van der Waals surface area contributed by atoms with Gasteiger partial charge >= 0.3 is 0 Å². The number of rotatable bonds is 0. The van der Waals surface area contributed by atoms with E-state index in [9.17, 15) is 4.79 Å². The van der Waals surface area contributed by atoms with E-state index in [1.165, 1.54) is 17.5 Å². The molecule has 1 saturated carbocycles. The highest BCUT2D eigenvalue weighted by Gasteiger charge is 2.33. The summed E-state index contributed by atoms with van der Waals surface area (Å²) >= 11 is 0. The lowest BCUT2D eigenvalue weighted by Crippen LogP contribution is -2.31. The number of hydrogen-bond donors (Lipinski definition) is 0. The number of carbonyl (C=O) groups is 1. The zero-order valence-electron chi connectivity index (χ0n) is 8.91. The summed E-state index contributed by atoms with van der Waals surface area (Å²) in [5.74, 6) is 1.90. The Morgan fingerprint density at radius 3 is 2.33 bits per heavy atom. The van der Waals surface area contributed by atoms with Gasteiger partial charge in [-0.25, -0.2) is 0 Å². The van der Waals surface area contributed by atoms with Crippen molar-refractivity contribution in [2.75, 3.05) is 0 Å². The van der Waals surface area contributed by atoms with E-state index in [1.807, 2.05) is 0 Å². The molecule has 0 spiro atoms. The van der Waals surface area contributed by atoms with Gasteiger partial charge in [-0.1, -0.05) is 24.3 Å². The van der Waals surface area contributed by atoms with Crippen LogP contribution < -0.4 is 0 Å². The molecule has 1 nitrogen and oxygen atoms in total. The van der Waals surface area contributed by atoms with Crippen molar-refractivity contribution < 1.29 is 4.79 Å². The second kappa shape index (κ2) is 3.48. The Labute approximate surface area is 90.5 Å². The molecule has 0 heterocycles. The zero-order chi connectivity index (χ0) is 10.3. The standard InChI is InChI=1S/C14H16O/c15-14-6-5-12-7-10-3-1-2-4-11(10)8-13(12)9-14/h1-4,12-13H,5-9H2/t12-,13+/m0/s1. The average molecular weight is 200 g/mol. The van der Waals surface area contributed by atoms with Crippen LogP contribution >= 0.6 is 0 Å². The number of carbonyl (C=O) groups excluding carboxylic acids is 1. The fourth-order valence-electron chi connectivity index (χ4n) is 3.17. The largest absolute Gasteiger partial charge is 0.300 e. The Kier molecular flexibility index (Phi) is 2.12. The number of hydrogen-bond acceptors (Lipinski definition) is 1. The molecule has 0 saturated heterocycles. The van der Waals surface area contributed by atoms with Crippen molar-refractivity contribution in [3.63, 3.8) is 0 Å². The first-order valence-electron chi connectivity index (χ1n) is 5.91. The second-order valence-electron chi connectivity index (χ2n) is 4.98. The molecular weight excluding hydrogens is 184 g/mol. The van der Waals surface area contributed by atoms with Gasteiger partial charge in [0.2, 0.25) is 0 Å². The predicted molar refractivity (Wildman–Crippen MR) is 59.7 cm³/mol. The molecule has 0 bridgehead atoms. The van der Waals surface area contributed by atoms with Crippen LogP contribution in [0.1, 0.15) is 30.4 Å². The van der Waals surface area contributed by atoms with Gasteiger partial charge in [-0.3, -0.25) is 4.79 Å². The monoisotopic (exact) mass is 200 g/mol. The van der Waals surface area contributed by atoms with Crippen LogP contribution in [0, 0.1) is 11.8 Å². The highest BCUT2D eigenvalue weighted by atomic mass is 16.1. The number of benzene rings is 1. The first kappa shape index (κ1) is 9.14. The van der Waals surface area contributed by atoms with Gasteiger partial charge in [0.25, 0.3) is 0 Å². The van der Waals surface area contributed by atoms with E-state index in [4.69, 9.17) is 0 Å². The highest BCUT2D eigenvalue weighted by Crippen LogP contribution is 2.38. The third-order valence-electron chi connectivity index (χ3n) is 4.03. The molecule has 15 heavy (non-hydrogen) atoms. The SMILES string of the molecule is O=C1CC[C@H]2Cc3ccccc3C[C@@H]2C1. The maximum absolute atomic E-state index is 11.4. The van der Waals surface area contributed by atoms with Crippen LogP contribution in [0.25, 0.3) is 0 Å². The van der Waals surface area contributed by atoms with Crippen LogP contribution in [0.15, 0.2) is 24.3 Å². The molecule has 0 aromatic heterocycles. The lowest BCUT2D eigenvalue weighted by atomic mass is 9.68. The molecule has 1 heteroatoms. The molecule has 2 atom stereocenters. The summed E-state index contributed by atoms with van der Waals surface area (Å²) in [5.41, 5.74) is 3.00. The summed E-state index contributed by atoms with van der Waals surface area (Å²) in [7, 11) is 0. The third-order valence-corrected chi connectivity index (χ3v) is 4.03. The van der Waals surface area contributed by atoms with Gasteiger partial charge in [0, 0.05) is 12.8 Å². The van der Waals surface area contributed by atoms with Gasteiger partial charge in [0.05, 0.1) is 0 Å². The van der Waals surface area contributed by atoms with Crippen LogP contribution in [-0.2, 0) is 17.6 Å². The van der Waals surface area contributed by atoms with Gasteiger partial charge in [-0.2, -0.15) is 0 Å². The maximum Gasteiger partial charge on any atom is 0.133 e. The van der Waals surface area contributed by atoms with Crippen molar-refractivity contribution >= 4 is 5.78 Å². The van der Waals surface area contributed by atoms with Gasteiger partial charge in [-0.15, -0.1) is 0 Å². The van der Waals surface area contributed by atoms with Gasteiger partial charge in [0.1, 0.15) is 5.78 Å². The fraction of sp³-hybridized carbons (Fsp3) is 0.500. The topological polar surface area (TPSA) is 17.1 Å². The Hall–Kier alpha value is -1.11. The smallest absolute Gasteiger partial charge is 0.133 e. The number of ketones is 1. The summed E-state index contributed by atoms with van der Waals surface area (Å²) in [4.78, 5) is 11.4. The molecule has 1 fully saturated rings. The van der Waals surface area contributed by atoms with Crippen LogP contribution in [0.5, 0.6) is 0 Å². The summed E-state index contributed by atoms with van der Waals surface area (Å²) < 4.78 is 0. The van der Waals surface area contributed by atoms with E-state index >= 15 is 0 Å². The number of fused-ring (bicyclic) bond motifs is 2. The number of Topliss-reactive ketones (excluding diaryl/α,β-unsaturated/α-hetero) is 1. The van der Waals surface area contributed by atoms with Gasteiger partial charge < -0.3 is 0 Å². The quantitative estimate of drug-likeness (QED) is 0.629. The zero-order valence-corrected chi connectivity index (χ0v) is 8.91. The van der Waals surface area contributed by atoms with Crippen molar-refractivity contribution in [3.05, 3.63) is 35.4 Å². The molecule has 0 N–H and O–H groups in total. The lowest BCUT2D eigenvalue weighted by molar-refractivity contribution is -0.122. The Bertz CT molecular complexity index is 394. The lowest BCUT2D eigenvalue weighted by Gasteiger charge is -2.35. The Morgan fingerprint density at radius 1 is 0.933 bits per heavy atom. The summed E-state index contributed by atoms with van der Waals surface area (Å²) in [6, 6.07) is 8.73. The van der Waals surface area contributed by atoms with Crippen molar-refractivity contribution in [2.24, 2.45) is 11.8 Å². The Balaban J connectivity index is 1.90. The molecule has 0 unspecified atom stereocenters. The molecule has 1 aromatic rings. The average Bonchev–Trinajstić information content (AvgIpc) is 2.26. The van der Waals surface area contributed by atoms with Crippen molar-refractivity contribution in [1.82, 2.24) is 0 Å². The summed E-state index contributed by atoms with van der Waals surface area (Å²) in [5, 5.41) is 0. The van der Waals surface area contributed by atoms with E-state index in [2.05, 4.69) is 24.3 Å². The van der Waals surface area contributed by atoms with E-state index in [0.717, 1.165) is 31.6 Å². The highest BCUT2D eigenvalue weighted by molar-refractivity contribution is 5.79. The maximum atomic E-state index is 11.4. The summed E-state index contributed by atoms with van der Waals surface area (Å²) in [6.45, 7) is 0. The Morgan fingerprint density at radius 2 is 1.60 bits per heavy atom. The second-order valence-corrected chi connectivity index (χ2v) is 4.98. The molecule has 0 radical (unpaired) electrons. The predicted octanol–water partition coefficient (Wildman–Crippen LogP) is 2.77. The minimum Gasteiger partial charge on any atom is -0.300 e. The molecular formula is C14H16O. The first-order valence-corrected chi connectivity index (χ1v) is 5.91. The third kappa shape index (κ3) is 1.60. The molecule has 2 aliphatic carbocycles. The minimum absolute atomic E-state index is 0.482.